The van der Waals surface area contributed by atoms with Crippen molar-refractivity contribution in [1.29, 1.82) is 5.26 Å². The Balaban J connectivity index is 2.82. The van der Waals surface area contributed by atoms with E-state index in [9.17, 15) is 4.79 Å². The standard InChI is InChI=1S/C17H23N3O3/c1-5-8-19-17(21)14(10-18)11-20-12(2)13-6-7-15(22-3)16(9-13)23-4/h6-7,9,11-12,20H,5,8H2,1-4H3,(H,19,21)/b14-11-. The lowest BCUT2D eigenvalue weighted by Crippen LogP contribution is -2.26. The Hall–Kier alpha value is -2.68. The van der Waals surface area contributed by atoms with Gasteiger partial charge in [-0.3, -0.25) is 4.79 Å². The summed E-state index contributed by atoms with van der Waals surface area (Å²) < 4.78 is 10.5. The van der Waals surface area contributed by atoms with Crippen molar-refractivity contribution in [1.82, 2.24) is 10.6 Å². The van der Waals surface area contributed by atoms with Crippen LogP contribution >= 0.6 is 0 Å². The average molecular weight is 317 g/mol. The molecule has 1 rings (SSSR count). The number of nitriles is 1. The second-order valence-corrected chi connectivity index (χ2v) is 4.93. The fourth-order valence-corrected chi connectivity index (χ4v) is 1.91. The third-order valence-electron chi connectivity index (χ3n) is 3.29. The molecule has 0 aliphatic heterocycles. The Morgan fingerprint density at radius 3 is 2.61 bits per heavy atom. The van der Waals surface area contributed by atoms with Crippen LogP contribution in [0.25, 0.3) is 0 Å². The largest absolute Gasteiger partial charge is 0.493 e. The summed E-state index contributed by atoms with van der Waals surface area (Å²) in [5.41, 5.74) is 0.996. The highest BCUT2D eigenvalue weighted by Gasteiger charge is 2.11. The number of nitrogens with one attached hydrogen (secondary N) is 2. The van der Waals surface area contributed by atoms with Gasteiger partial charge in [-0.15, -0.1) is 0 Å². The maximum atomic E-state index is 11.8. The summed E-state index contributed by atoms with van der Waals surface area (Å²) in [6, 6.07) is 7.37. The van der Waals surface area contributed by atoms with Crippen molar-refractivity contribution in [2.45, 2.75) is 26.3 Å². The van der Waals surface area contributed by atoms with Crippen molar-refractivity contribution < 1.29 is 14.3 Å². The van der Waals surface area contributed by atoms with Crippen LogP contribution in [0.5, 0.6) is 11.5 Å². The van der Waals surface area contributed by atoms with E-state index in [0.29, 0.717) is 18.0 Å². The van der Waals surface area contributed by atoms with Gasteiger partial charge in [-0.25, -0.2) is 0 Å². The maximum Gasteiger partial charge on any atom is 0.263 e. The SMILES string of the molecule is CCCNC(=O)/C(C#N)=C\NC(C)c1ccc(OC)c(OC)c1. The normalized spacial score (nSPS) is 12.0. The molecule has 0 radical (unpaired) electrons. The van der Waals surface area contributed by atoms with Crippen LogP contribution in [-0.2, 0) is 4.79 Å². The number of ether oxygens (including phenoxy) is 2. The van der Waals surface area contributed by atoms with Gasteiger partial charge in [0.25, 0.3) is 5.91 Å². The molecule has 0 saturated carbocycles. The first kappa shape index (κ1) is 18.4. The molecule has 0 aliphatic carbocycles. The molecule has 1 atom stereocenters. The van der Waals surface area contributed by atoms with Crippen molar-refractivity contribution in [3.05, 3.63) is 35.5 Å². The lowest BCUT2D eigenvalue weighted by molar-refractivity contribution is -0.117. The van der Waals surface area contributed by atoms with Crippen LogP contribution in [-0.4, -0.2) is 26.7 Å². The van der Waals surface area contributed by atoms with E-state index in [4.69, 9.17) is 14.7 Å². The van der Waals surface area contributed by atoms with Crippen LogP contribution in [0.4, 0.5) is 0 Å². The molecule has 0 bridgehead atoms. The summed E-state index contributed by atoms with van der Waals surface area (Å²) in [4.78, 5) is 11.8. The van der Waals surface area contributed by atoms with Crippen LogP contribution in [0.3, 0.4) is 0 Å². The van der Waals surface area contributed by atoms with Gasteiger partial charge in [0.15, 0.2) is 11.5 Å². The molecule has 1 amide bonds. The summed E-state index contributed by atoms with van der Waals surface area (Å²) in [5.74, 6) is 0.904. The number of nitrogens with zero attached hydrogens (tertiary/aromatic N) is 1. The summed E-state index contributed by atoms with van der Waals surface area (Å²) in [5, 5.41) is 14.8. The molecule has 0 aromatic heterocycles. The molecule has 0 heterocycles. The summed E-state index contributed by atoms with van der Waals surface area (Å²) in [6.07, 6.45) is 2.26. The molecule has 0 aliphatic rings. The van der Waals surface area contributed by atoms with Crippen molar-refractivity contribution in [3.8, 4) is 17.6 Å². The van der Waals surface area contributed by atoms with Gasteiger partial charge in [-0.1, -0.05) is 13.0 Å². The molecule has 6 heteroatoms. The van der Waals surface area contributed by atoms with E-state index in [0.717, 1.165) is 12.0 Å². The van der Waals surface area contributed by atoms with Gasteiger partial charge >= 0.3 is 0 Å². The Kier molecular flexibility index (Phi) is 7.48. The van der Waals surface area contributed by atoms with Gasteiger partial charge in [-0.05, 0) is 31.0 Å². The predicted octanol–water partition coefficient (Wildman–Crippen LogP) is 2.29. The van der Waals surface area contributed by atoms with Crippen LogP contribution in [0.15, 0.2) is 30.0 Å². The molecule has 1 unspecified atom stereocenters. The van der Waals surface area contributed by atoms with E-state index >= 15 is 0 Å². The van der Waals surface area contributed by atoms with Crippen molar-refractivity contribution in [2.75, 3.05) is 20.8 Å². The van der Waals surface area contributed by atoms with Crippen LogP contribution < -0.4 is 20.1 Å². The van der Waals surface area contributed by atoms with Crippen LogP contribution in [0, 0.1) is 11.3 Å². The molecule has 0 spiro atoms. The molecule has 23 heavy (non-hydrogen) atoms. The van der Waals surface area contributed by atoms with E-state index in [1.807, 2.05) is 38.1 Å². The monoisotopic (exact) mass is 317 g/mol. The highest BCUT2D eigenvalue weighted by Crippen LogP contribution is 2.29. The number of rotatable bonds is 8. The lowest BCUT2D eigenvalue weighted by atomic mass is 10.1. The molecule has 0 fully saturated rings. The fraction of sp³-hybridized carbons (Fsp3) is 0.412. The number of hydrogen-bond donors (Lipinski definition) is 2. The van der Waals surface area contributed by atoms with E-state index < -0.39 is 0 Å². The highest BCUT2D eigenvalue weighted by molar-refractivity contribution is 5.97. The first-order chi connectivity index (χ1) is 11.1. The predicted molar refractivity (Wildman–Crippen MR) is 88.1 cm³/mol. The Morgan fingerprint density at radius 2 is 2.04 bits per heavy atom. The second kappa shape index (κ2) is 9.36. The van der Waals surface area contributed by atoms with E-state index in [1.165, 1.54) is 6.20 Å². The molecular weight excluding hydrogens is 294 g/mol. The first-order valence-corrected chi connectivity index (χ1v) is 7.43. The van der Waals surface area contributed by atoms with E-state index in [2.05, 4.69) is 10.6 Å². The quantitative estimate of drug-likeness (QED) is 0.568. The van der Waals surface area contributed by atoms with Gasteiger partial charge in [0.1, 0.15) is 11.6 Å². The van der Waals surface area contributed by atoms with Crippen molar-refractivity contribution >= 4 is 5.91 Å². The van der Waals surface area contributed by atoms with Crippen LogP contribution in [0.1, 0.15) is 31.9 Å². The van der Waals surface area contributed by atoms with E-state index in [-0.39, 0.29) is 17.5 Å². The summed E-state index contributed by atoms with van der Waals surface area (Å²) in [6.45, 7) is 4.42. The molecule has 6 nitrogen and oxygen atoms in total. The third kappa shape index (κ3) is 5.22. The molecular formula is C17H23N3O3. The lowest BCUT2D eigenvalue weighted by Gasteiger charge is -2.15. The molecule has 2 N–H and O–H groups in total. The minimum Gasteiger partial charge on any atom is -0.493 e. The third-order valence-corrected chi connectivity index (χ3v) is 3.29. The van der Waals surface area contributed by atoms with Gasteiger partial charge in [0.05, 0.1) is 14.2 Å². The van der Waals surface area contributed by atoms with Crippen LogP contribution in [0.2, 0.25) is 0 Å². The second-order valence-electron chi connectivity index (χ2n) is 4.93. The topological polar surface area (TPSA) is 83.4 Å². The van der Waals surface area contributed by atoms with Gasteiger partial charge < -0.3 is 20.1 Å². The smallest absolute Gasteiger partial charge is 0.263 e. The summed E-state index contributed by atoms with van der Waals surface area (Å²) in [7, 11) is 3.15. The zero-order valence-electron chi connectivity index (χ0n) is 14.0. The van der Waals surface area contributed by atoms with Crippen molar-refractivity contribution in [2.24, 2.45) is 0 Å². The minimum atomic E-state index is -0.374. The molecule has 1 aromatic rings. The number of carbonyl (C=O) groups is 1. The number of methoxy groups -OCH3 is 2. The highest BCUT2D eigenvalue weighted by atomic mass is 16.5. The molecule has 0 saturated heterocycles. The van der Waals surface area contributed by atoms with Gasteiger partial charge in [0, 0.05) is 18.8 Å². The average Bonchev–Trinajstić information content (AvgIpc) is 2.59. The fourth-order valence-electron chi connectivity index (χ4n) is 1.91. The molecule has 1 aromatic carbocycles. The summed E-state index contributed by atoms with van der Waals surface area (Å²) >= 11 is 0. The van der Waals surface area contributed by atoms with E-state index in [1.54, 1.807) is 14.2 Å². The number of hydrogen-bond acceptors (Lipinski definition) is 5. The maximum absolute atomic E-state index is 11.8. The van der Waals surface area contributed by atoms with Gasteiger partial charge in [0.2, 0.25) is 0 Å². The number of carbonyl (C=O) groups excluding carboxylic acids is 1. The Morgan fingerprint density at radius 1 is 1.35 bits per heavy atom. The number of amides is 1. The minimum absolute atomic E-state index is 0.0470. The van der Waals surface area contributed by atoms with Crippen molar-refractivity contribution in [3.63, 3.8) is 0 Å². The Bertz CT molecular complexity index is 606. The Labute approximate surface area is 137 Å². The zero-order valence-corrected chi connectivity index (χ0v) is 14.0. The zero-order chi connectivity index (χ0) is 17.2. The molecule has 124 valence electrons. The first-order valence-electron chi connectivity index (χ1n) is 7.43. The number of benzene rings is 1. The van der Waals surface area contributed by atoms with Gasteiger partial charge in [-0.2, -0.15) is 5.26 Å².